The number of thiophene rings is 1. The molecule has 0 saturated carbocycles. The van der Waals surface area contributed by atoms with Crippen molar-refractivity contribution in [2.24, 2.45) is 0 Å². The highest BCUT2D eigenvalue weighted by molar-refractivity contribution is 7.08. The van der Waals surface area contributed by atoms with Crippen LogP contribution in [0.4, 0.5) is 10.1 Å². The third-order valence-corrected chi connectivity index (χ3v) is 6.10. The van der Waals surface area contributed by atoms with Crippen LogP contribution < -0.4 is 10.2 Å². The van der Waals surface area contributed by atoms with Crippen molar-refractivity contribution in [2.45, 2.75) is 6.04 Å². The number of anilines is 1. The van der Waals surface area contributed by atoms with Gasteiger partial charge in [-0.05, 0) is 53.4 Å². The second kappa shape index (κ2) is 7.46. The number of hydrogen-bond acceptors (Lipinski definition) is 3. The van der Waals surface area contributed by atoms with Crippen LogP contribution in [0.25, 0.3) is 10.9 Å². The predicted molar refractivity (Wildman–Crippen MR) is 114 cm³/mol. The molecule has 1 radical (unpaired) electrons. The molecule has 1 aliphatic heterocycles. The van der Waals surface area contributed by atoms with Crippen LogP contribution in [-0.2, 0) is 0 Å². The second-order valence-corrected chi connectivity index (χ2v) is 7.97. The van der Waals surface area contributed by atoms with Crippen molar-refractivity contribution >= 4 is 33.7 Å². The van der Waals surface area contributed by atoms with Crippen LogP contribution in [0.5, 0.6) is 0 Å². The van der Waals surface area contributed by atoms with Crippen molar-refractivity contribution in [3.63, 3.8) is 0 Å². The Morgan fingerprint density at radius 3 is 2.83 bits per heavy atom. The van der Waals surface area contributed by atoms with Crippen molar-refractivity contribution in [1.29, 1.82) is 0 Å². The highest BCUT2D eigenvalue weighted by atomic mass is 32.1. The first-order chi connectivity index (χ1) is 14.2. The molecule has 0 spiro atoms. The SMILES string of the molecule is O=C(c1ccc(F)cc1)c1c[nH]c2ccc(C3CN(c4ccsc4)CC[N]3)cc12. The van der Waals surface area contributed by atoms with E-state index in [4.69, 9.17) is 5.32 Å². The van der Waals surface area contributed by atoms with Gasteiger partial charge in [0.2, 0.25) is 0 Å². The first kappa shape index (κ1) is 18.1. The van der Waals surface area contributed by atoms with Gasteiger partial charge >= 0.3 is 0 Å². The normalized spacial score (nSPS) is 17.0. The van der Waals surface area contributed by atoms with Gasteiger partial charge < -0.3 is 9.88 Å². The summed E-state index contributed by atoms with van der Waals surface area (Å²) in [6, 6.07) is 14.0. The average molecular weight is 404 g/mol. The zero-order valence-corrected chi connectivity index (χ0v) is 16.5. The van der Waals surface area contributed by atoms with Crippen molar-refractivity contribution in [3.05, 3.63) is 88.0 Å². The van der Waals surface area contributed by atoms with Gasteiger partial charge in [0.1, 0.15) is 5.82 Å². The smallest absolute Gasteiger partial charge is 0.195 e. The Kier molecular flexibility index (Phi) is 4.66. The van der Waals surface area contributed by atoms with Gasteiger partial charge in [0.25, 0.3) is 0 Å². The van der Waals surface area contributed by atoms with Crippen LogP contribution in [0.2, 0.25) is 0 Å². The lowest BCUT2D eigenvalue weighted by atomic mass is 9.98. The molecule has 0 aliphatic carbocycles. The van der Waals surface area contributed by atoms with Gasteiger partial charge in [-0.1, -0.05) is 6.07 Å². The van der Waals surface area contributed by atoms with E-state index in [2.05, 4.69) is 38.8 Å². The number of nitrogens with zero attached hydrogens (tertiary/aromatic N) is 2. The number of aromatic nitrogens is 1. The van der Waals surface area contributed by atoms with E-state index in [1.165, 1.54) is 30.0 Å². The Hall–Kier alpha value is -2.96. The highest BCUT2D eigenvalue weighted by Crippen LogP contribution is 2.29. The van der Waals surface area contributed by atoms with Crippen molar-refractivity contribution in [2.75, 3.05) is 24.5 Å². The van der Waals surface area contributed by atoms with E-state index < -0.39 is 0 Å². The van der Waals surface area contributed by atoms with Crippen LogP contribution in [0.3, 0.4) is 0 Å². The van der Waals surface area contributed by atoms with E-state index in [0.29, 0.717) is 11.1 Å². The first-order valence-corrected chi connectivity index (χ1v) is 10.5. The van der Waals surface area contributed by atoms with Gasteiger partial charge in [0.05, 0.1) is 6.04 Å². The molecule has 1 saturated heterocycles. The number of aromatic amines is 1. The fourth-order valence-electron chi connectivity index (χ4n) is 3.86. The molecule has 1 unspecified atom stereocenters. The number of fused-ring (bicyclic) bond motifs is 1. The molecule has 3 heterocycles. The van der Waals surface area contributed by atoms with E-state index >= 15 is 0 Å². The van der Waals surface area contributed by atoms with Crippen LogP contribution in [0, 0.1) is 5.82 Å². The van der Waals surface area contributed by atoms with E-state index in [1.54, 1.807) is 17.5 Å². The lowest BCUT2D eigenvalue weighted by Gasteiger charge is -2.33. The third kappa shape index (κ3) is 3.45. The molecule has 0 amide bonds. The van der Waals surface area contributed by atoms with E-state index in [9.17, 15) is 9.18 Å². The summed E-state index contributed by atoms with van der Waals surface area (Å²) >= 11 is 1.70. The molecular formula is C23H19FN3OS. The van der Waals surface area contributed by atoms with E-state index in [-0.39, 0.29) is 17.6 Å². The first-order valence-electron chi connectivity index (χ1n) is 9.54. The number of carbonyl (C=O) groups is 1. The molecule has 0 bridgehead atoms. The molecule has 1 aliphatic rings. The quantitative estimate of drug-likeness (QED) is 0.499. The van der Waals surface area contributed by atoms with Gasteiger partial charge in [0, 0.05) is 58.9 Å². The van der Waals surface area contributed by atoms with Crippen LogP contribution in [0.15, 0.2) is 65.5 Å². The molecule has 4 aromatic rings. The maximum Gasteiger partial charge on any atom is 0.195 e. The average Bonchev–Trinajstić information content (AvgIpc) is 3.44. The van der Waals surface area contributed by atoms with E-state index in [1.807, 2.05) is 6.07 Å². The fraction of sp³-hybridized carbons (Fsp3) is 0.174. The maximum atomic E-state index is 13.2. The zero-order valence-electron chi connectivity index (χ0n) is 15.6. The molecule has 2 aromatic heterocycles. The van der Waals surface area contributed by atoms with Gasteiger partial charge in [-0.25, -0.2) is 9.71 Å². The number of H-pyrrole nitrogens is 1. The standard InChI is InChI=1S/C23H19FN3OS/c24-17-4-1-15(2-5-17)23(28)20-12-26-21-6-3-16(11-19(20)21)22-13-27(9-8-25-22)18-7-10-29-14-18/h1-7,10-12,14,22,26H,8-9,13H2. The summed E-state index contributed by atoms with van der Waals surface area (Å²) in [7, 11) is 0. The highest BCUT2D eigenvalue weighted by Gasteiger charge is 2.23. The number of halogens is 1. The number of benzene rings is 2. The summed E-state index contributed by atoms with van der Waals surface area (Å²) in [6.07, 6.45) is 1.73. The topological polar surface area (TPSA) is 50.2 Å². The summed E-state index contributed by atoms with van der Waals surface area (Å²) in [5.74, 6) is -0.467. The van der Waals surface area contributed by atoms with Gasteiger partial charge in [-0.2, -0.15) is 11.3 Å². The van der Waals surface area contributed by atoms with Crippen molar-refractivity contribution < 1.29 is 9.18 Å². The largest absolute Gasteiger partial charge is 0.368 e. The summed E-state index contributed by atoms with van der Waals surface area (Å²) in [5, 5.41) is 9.95. The molecule has 4 nitrogen and oxygen atoms in total. The molecular weight excluding hydrogens is 385 g/mol. The number of carbonyl (C=O) groups excluding carboxylic acids is 1. The summed E-state index contributed by atoms with van der Waals surface area (Å²) in [6.45, 7) is 2.54. The fourth-order valence-corrected chi connectivity index (χ4v) is 4.53. The van der Waals surface area contributed by atoms with E-state index in [0.717, 1.165) is 36.1 Å². The number of piperazine rings is 1. The van der Waals surface area contributed by atoms with Crippen molar-refractivity contribution in [3.8, 4) is 0 Å². The number of ketones is 1. The Morgan fingerprint density at radius 1 is 1.17 bits per heavy atom. The molecule has 1 N–H and O–H groups in total. The lowest BCUT2D eigenvalue weighted by molar-refractivity contribution is 0.104. The summed E-state index contributed by atoms with van der Waals surface area (Å²) < 4.78 is 13.2. The molecule has 1 atom stereocenters. The minimum Gasteiger partial charge on any atom is -0.368 e. The van der Waals surface area contributed by atoms with Crippen molar-refractivity contribution in [1.82, 2.24) is 10.3 Å². The Balaban J connectivity index is 1.46. The number of hydrogen-bond donors (Lipinski definition) is 1. The minimum absolute atomic E-state index is 0.0664. The zero-order chi connectivity index (χ0) is 19.8. The molecule has 1 fully saturated rings. The maximum absolute atomic E-state index is 13.2. The lowest BCUT2D eigenvalue weighted by Crippen LogP contribution is -2.42. The Bertz CT molecular complexity index is 1150. The number of nitrogens with one attached hydrogen (secondary N) is 1. The van der Waals surface area contributed by atoms with Crippen LogP contribution in [0.1, 0.15) is 27.5 Å². The third-order valence-electron chi connectivity index (χ3n) is 5.43. The predicted octanol–water partition coefficient (Wildman–Crippen LogP) is 4.77. The second-order valence-electron chi connectivity index (χ2n) is 7.19. The monoisotopic (exact) mass is 404 g/mol. The van der Waals surface area contributed by atoms with Gasteiger partial charge in [-0.15, -0.1) is 0 Å². The molecule has 5 rings (SSSR count). The Labute approximate surface area is 172 Å². The molecule has 6 heteroatoms. The summed E-state index contributed by atoms with van der Waals surface area (Å²) in [5.41, 5.74) is 4.32. The molecule has 145 valence electrons. The Morgan fingerprint density at radius 2 is 2.03 bits per heavy atom. The molecule has 2 aromatic carbocycles. The van der Waals surface area contributed by atoms with Gasteiger partial charge in [0.15, 0.2) is 5.78 Å². The van der Waals surface area contributed by atoms with Crippen LogP contribution in [-0.4, -0.2) is 30.4 Å². The van der Waals surface area contributed by atoms with Crippen LogP contribution >= 0.6 is 11.3 Å². The summed E-state index contributed by atoms with van der Waals surface area (Å²) in [4.78, 5) is 18.5. The van der Waals surface area contributed by atoms with Gasteiger partial charge in [-0.3, -0.25) is 4.79 Å². The minimum atomic E-state index is -0.350. The number of rotatable bonds is 4. The molecule has 29 heavy (non-hydrogen) atoms.